The first-order valence-corrected chi connectivity index (χ1v) is 10.1. The maximum atomic E-state index is 13.7. The van der Waals surface area contributed by atoms with Crippen molar-refractivity contribution in [3.63, 3.8) is 0 Å². The van der Waals surface area contributed by atoms with Crippen molar-refractivity contribution in [2.45, 2.75) is 32.9 Å². The molecule has 1 unspecified atom stereocenters. The number of benzene rings is 2. The molecule has 2 aromatic rings. The minimum atomic E-state index is -0.331. The Kier molecular flexibility index (Phi) is 6.99. The van der Waals surface area contributed by atoms with E-state index in [-0.39, 0.29) is 30.2 Å². The highest BCUT2D eigenvalue weighted by molar-refractivity contribution is 5.94. The standard InChI is InChI=1S/C23H28FN3O2/c1-3-18-8-10-19(11-9-18)23(29)27-14-12-26(13-15-27)17(2)22(28)25-16-20-6-4-5-7-21(20)24/h4-11,17H,3,12-16H2,1-2H3,(H,25,28). The molecule has 2 aromatic carbocycles. The van der Waals surface area contributed by atoms with Gasteiger partial charge in [0.25, 0.3) is 5.91 Å². The predicted molar refractivity (Wildman–Crippen MR) is 111 cm³/mol. The Bertz CT molecular complexity index is 845. The summed E-state index contributed by atoms with van der Waals surface area (Å²) in [5, 5.41) is 2.81. The number of rotatable bonds is 6. The van der Waals surface area contributed by atoms with Gasteiger partial charge in [0, 0.05) is 43.9 Å². The van der Waals surface area contributed by atoms with Crippen molar-refractivity contribution < 1.29 is 14.0 Å². The molecule has 1 aliphatic heterocycles. The van der Waals surface area contributed by atoms with Gasteiger partial charge in [-0.15, -0.1) is 0 Å². The molecule has 5 nitrogen and oxygen atoms in total. The molecule has 29 heavy (non-hydrogen) atoms. The number of aryl methyl sites for hydroxylation is 1. The maximum absolute atomic E-state index is 13.7. The highest BCUT2D eigenvalue weighted by Gasteiger charge is 2.27. The van der Waals surface area contributed by atoms with Crippen molar-refractivity contribution in [3.05, 3.63) is 71.0 Å². The van der Waals surface area contributed by atoms with Crippen LogP contribution < -0.4 is 5.32 Å². The summed E-state index contributed by atoms with van der Waals surface area (Å²) in [6.45, 7) is 6.53. The highest BCUT2D eigenvalue weighted by Crippen LogP contribution is 2.13. The summed E-state index contributed by atoms with van der Waals surface area (Å²) in [6.07, 6.45) is 0.948. The third-order valence-electron chi connectivity index (χ3n) is 5.55. The second-order valence-electron chi connectivity index (χ2n) is 7.36. The van der Waals surface area contributed by atoms with Gasteiger partial charge in [-0.05, 0) is 37.1 Å². The number of hydrogen-bond donors (Lipinski definition) is 1. The van der Waals surface area contributed by atoms with E-state index >= 15 is 0 Å². The molecule has 1 saturated heterocycles. The Morgan fingerprint density at radius 2 is 1.69 bits per heavy atom. The van der Waals surface area contributed by atoms with Crippen LogP contribution in [0.5, 0.6) is 0 Å². The molecule has 154 valence electrons. The lowest BCUT2D eigenvalue weighted by Gasteiger charge is -2.37. The number of piperazine rings is 1. The molecule has 0 aliphatic carbocycles. The Morgan fingerprint density at radius 1 is 1.03 bits per heavy atom. The van der Waals surface area contributed by atoms with Crippen LogP contribution in [0, 0.1) is 5.82 Å². The topological polar surface area (TPSA) is 52.7 Å². The monoisotopic (exact) mass is 397 g/mol. The number of carbonyl (C=O) groups excluding carboxylic acids is 2. The van der Waals surface area contributed by atoms with E-state index in [2.05, 4.69) is 17.1 Å². The molecule has 6 heteroatoms. The fourth-order valence-electron chi connectivity index (χ4n) is 3.52. The van der Waals surface area contributed by atoms with E-state index in [9.17, 15) is 14.0 Å². The summed E-state index contributed by atoms with van der Waals surface area (Å²) in [5.74, 6) is -0.424. The molecule has 1 atom stereocenters. The van der Waals surface area contributed by atoms with Crippen LogP contribution in [-0.4, -0.2) is 53.8 Å². The van der Waals surface area contributed by atoms with Gasteiger partial charge in [-0.25, -0.2) is 4.39 Å². The Hall–Kier alpha value is -2.73. The van der Waals surface area contributed by atoms with Crippen molar-refractivity contribution in [1.82, 2.24) is 15.1 Å². The Labute approximate surface area is 171 Å². The van der Waals surface area contributed by atoms with Gasteiger partial charge in [-0.2, -0.15) is 0 Å². The first-order chi connectivity index (χ1) is 14.0. The number of carbonyl (C=O) groups is 2. The summed E-state index contributed by atoms with van der Waals surface area (Å²) < 4.78 is 13.7. The van der Waals surface area contributed by atoms with E-state index in [1.54, 1.807) is 18.2 Å². The smallest absolute Gasteiger partial charge is 0.253 e. The van der Waals surface area contributed by atoms with Crippen molar-refractivity contribution in [2.75, 3.05) is 26.2 Å². The molecule has 0 bridgehead atoms. The fourth-order valence-corrected chi connectivity index (χ4v) is 3.52. The summed E-state index contributed by atoms with van der Waals surface area (Å²) >= 11 is 0. The minimum Gasteiger partial charge on any atom is -0.351 e. The van der Waals surface area contributed by atoms with E-state index in [0.717, 1.165) is 6.42 Å². The molecule has 1 aliphatic rings. The summed E-state index contributed by atoms with van der Waals surface area (Å²) in [4.78, 5) is 29.1. The molecule has 1 N–H and O–H groups in total. The van der Waals surface area contributed by atoms with E-state index in [0.29, 0.717) is 37.3 Å². The molecule has 0 aromatic heterocycles. The summed E-state index contributed by atoms with van der Waals surface area (Å²) in [6, 6.07) is 13.8. The molecule has 0 saturated carbocycles. The molecule has 3 rings (SSSR count). The first kappa shape index (κ1) is 21.0. The third kappa shape index (κ3) is 5.21. The zero-order chi connectivity index (χ0) is 20.8. The van der Waals surface area contributed by atoms with Crippen LogP contribution in [0.3, 0.4) is 0 Å². The molecule has 1 fully saturated rings. The molecule has 0 spiro atoms. The van der Waals surface area contributed by atoms with Gasteiger partial charge >= 0.3 is 0 Å². The second kappa shape index (κ2) is 9.65. The van der Waals surface area contributed by atoms with E-state index in [1.165, 1.54) is 11.6 Å². The van der Waals surface area contributed by atoms with Crippen LogP contribution in [0.1, 0.15) is 35.3 Å². The van der Waals surface area contributed by atoms with Crippen LogP contribution >= 0.6 is 0 Å². The second-order valence-corrected chi connectivity index (χ2v) is 7.36. The van der Waals surface area contributed by atoms with Crippen molar-refractivity contribution >= 4 is 11.8 Å². The van der Waals surface area contributed by atoms with Gasteiger partial charge in [0.05, 0.1) is 6.04 Å². The number of hydrogen-bond acceptors (Lipinski definition) is 3. The van der Waals surface area contributed by atoms with Gasteiger partial charge in [0.1, 0.15) is 5.82 Å². The minimum absolute atomic E-state index is 0.0314. The van der Waals surface area contributed by atoms with E-state index in [1.807, 2.05) is 36.1 Å². The number of halogens is 1. The third-order valence-corrected chi connectivity index (χ3v) is 5.55. The zero-order valence-corrected chi connectivity index (χ0v) is 17.0. The van der Waals surface area contributed by atoms with Gasteiger partial charge in [-0.1, -0.05) is 37.3 Å². The van der Waals surface area contributed by atoms with Crippen LogP contribution in [0.4, 0.5) is 4.39 Å². The van der Waals surface area contributed by atoms with Gasteiger partial charge in [0.2, 0.25) is 5.91 Å². The van der Waals surface area contributed by atoms with Crippen LogP contribution in [0.2, 0.25) is 0 Å². The highest BCUT2D eigenvalue weighted by atomic mass is 19.1. The first-order valence-electron chi connectivity index (χ1n) is 10.1. The molecule has 2 amide bonds. The average molecular weight is 397 g/mol. The Balaban J connectivity index is 1.49. The van der Waals surface area contributed by atoms with Gasteiger partial charge in [0.15, 0.2) is 0 Å². The number of nitrogens with zero attached hydrogens (tertiary/aromatic N) is 2. The fraction of sp³-hybridized carbons (Fsp3) is 0.391. The van der Waals surface area contributed by atoms with Crippen molar-refractivity contribution in [2.24, 2.45) is 0 Å². The molecule has 0 radical (unpaired) electrons. The van der Waals surface area contributed by atoms with Crippen LogP contribution in [-0.2, 0) is 17.8 Å². The van der Waals surface area contributed by atoms with E-state index < -0.39 is 0 Å². The average Bonchev–Trinajstić information content (AvgIpc) is 2.77. The van der Waals surface area contributed by atoms with Crippen LogP contribution in [0.15, 0.2) is 48.5 Å². The van der Waals surface area contributed by atoms with Crippen LogP contribution in [0.25, 0.3) is 0 Å². The van der Waals surface area contributed by atoms with Gasteiger partial charge in [-0.3, -0.25) is 14.5 Å². The normalized spacial score (nSPS) is 15.8. The number of amides is 2. The molecular formula is C23H28FN3O2. The molecule has 1 heterocycles. The predicted octanol–water partition coefficient (Wildman–Crippen LogP) is 2.85. The summed E-state index contributed by atoms with van der Waals surface area (Å²) in [5.41, 5.74) is 2.38. The lowest BCUT2D eigenvalue weighted by molar-refractivity contribution is -0.126. The SMILES string of the molecule is CCc1ccc(C(=O)N2CCN(C(C)C(=O)NCc3ccccc3F)CC2)cc1. The lowest BCUT2D eigenvalue weighted by atomic mass is 10.1. The van der Waals surface area contributed by atoms with Gasteiger partial charge < -0.3 is 10.2 Å². The van der Waals surface area contributed by atoms with Crippen molar-refractivity contribution in [3.8, 4) is 0 Å². The lowest BCUT2D eigenvalue weighted by Crippen LogP contribution is -2.54. The summed E-state index contributed by atoms with van der Waals surface area (Å²) in [7, 11) is 0. The largest absolute Gasteiger partial charge is 0.351 e. The van der Waals surface area contributed by atoms with Crippen molar-refractivity contribution in [1.29, 1.82) is 0 Å². The van der Waals surface area contributed by atoms with E-state index in [4.69, 9.17) is 0 Å². The molecular weight excluding hydrogens is 369 g/mol. The quantitative estimate of drug-likeness (QED) is 0.816. The number of nitrogens with one attached hydrogen (secondary N) is 1. The maximum Gasteiger partial charge on any atom is 0.253 e. The zero-order valence-electron chi connectivity index (χ0n) is 17.0. The Morgan fingerprint density at radius 3 is 2.31 bits per heavy atom.